The number of ketones is 1. The number of allylic oxidation sites excluding steroid dienone is 1. The summed E-state index contributed by atoms with van der Waals surface area (Å²) >= 11 is 2.48. The van der Waals surface area contributed by atoms with Crippen LogP contribution < -0.4 is 14.2 Å². The van der Waals surface area contributed by atoms with Crippen LogP contribution >= 0.6 is 23.1 Å². The number of methoxy groups -OCH3 is 3. The van der Waals surface area contributed by atoms with E-state index in [1.165, 1.54) is 44.8 Å². The number of thiophene rings is 1. The molecule has 0 amide bonds. The highest BCUT2D eigenvalue weighted by Crippen LogP contribution is 2.39. The molecule has 2 heterocycles. The van der Waals surface area contributed by atoms with E-state index in [2.05, 4.69) is 8.75 Å². The number of aliphatic carboxylic acids is 1. The van der Waals surface area contributed by atoms with Gasteiger partial charge in [-0.05, 0) is 41.3 Å². The molecule has 4 aromatic rings. The van der Waals surface area contributed by atoms with Gasteiger partial charge in [0, 0.05) is 22.4 Å². The monoisotopic (exact) mass is 496 g/mol. The van der Waals surface area contributed by atoms with E-state index in [1.807, 2.05) is 17.5 Å². The highest BCUT2D eigenvalue weighted by molar-refractivity contribution is 7.09. The molecule has 0 aliphatic carbocycles. The number of carbonyl (C=O) groups excluding carboxylic acids is 1. The molecule has 0 fully saturated rings. The molecule has 0 aliphatic heterocycles. The zero-order valence-electron chi connectivity index (χ0n) is 18.5. The second kappa shape index (κ2) is 10.0. The SMILES string of the molecule is COc1cc(C(=O)C(Cc2cccs2)=C(C(=O)O)c2ccc3nsnc3c2)cc(OC)c1OC. The summed E-state index contributed by atoms with van der Waals surface area (Å²) < 4.78 is 24.5. The van der Waals surface area contributed by atoms with Crippen molar-refractivity contribution in [3.63, 3.8) is 0 Å². The van der Waals surface area contributed by atoms with Crippen molar-refractivity contribution in [2.24, 2.45) is 0 Å². The Morgan fingerprint density at radius 3 is 2.21 bits per heavy atom. The first-order valence-corrected chi connectivity index (χ1v) is 11.6. The van der Waals surface area contributed by atoms with Crippen molar-refractivity contribution >= 4 is 51.4 Å². The first-order chi connectivity index (χ1) is 16.5. The summed E-state index contributed by atoms with van der Waals surface area (Å²) in [6, 6.07) is 11.7. The summed E-state index contributed by atoms with van der Waals surface area (Å²) in [6.45, 7) is 0. The van der Waals surface area contributed by atoms with Crippen LogP contribution in [0.15, 0.2) is 53.4 Å². The zero-order chi connectivity index (χ0) is 24.2. The number of carboxylic acids is 1. The molecule has 0 atom stereocenters. The van der Waals surface area contributed by atoms with Gasteiger partial charge >= 0.3 is 5.97 Å². The topological polar surface area (TPSA) is 108 Å². The molecule has 2 aromatic heterocycles. The van der Waals surface area contributed by atoms with Crippen LogP contribution in [0.2, 0.25) is 0 Å². The van der Waals surface area contributed by atoms with Crippen LogP contribution in [-0.2, 0) is 11.2 Å². The Bertz CT molecular complexity index is 1370. The third-order valence-corrected chi connectivity index (χ3v) is 6.62. The molecule has 0 saturated carbocycles. The lowest BCUT2D eigenvalue weighted by Crippen LogP contribution is -2.14. The predicted molar refractivity (Wildman–Crippen MR) is 130 cm³/mol. The molecular formula is C24H20N2O6S2. The number of carboxylic acid groups (broad SMARTS) is 1. The zero-order valence-corrected chi connectivity index (χ0v) is 20.2. The lowest BCUT2D eigenvalue weighted by Gasteiger charge is -2.16. The molecule has 0 bridgehead atoms. The van der Waals surface area contributed by atoms with Gasteiger partial charge in [0.15, 0.2) is 17.3 Å². The van der Waals surface area contributed by atoms with E-state index < -0.39 is 11.8 Å². The van der Waals surface area contributed by atoms with Gasteiger partial charge in [0.2, 0.25) is 5.75 Å². The van der Waals surface area contributed by atoms with Crippen molar-refractivity contribution in [2.75, 3.05) is 21.3 Å². The molecule has 0 unspecified atom stereocenters. The van der Waals surface area contributed by atoms with Gasteiger partial charge in [0.25, 0.3) is 0 Å². The Morgan fingerprint density at radius 1 is 0.912 bits per heavy atom. The second-order valence-corrected chi connectivity index (χ2v) is 8.69. The number of carbonyl (C=O) groups is 2. The highest BCUT2D eigenvalue weighted by Gasteiger charge is 2.26. The van der Waals surface area contributed by atoms with E-state index in [0.29, 0.717) is 33.8 Å². The van der Waals surface area contributed by atoms with Crippen LogP contribution in [0.4, 0.5) is 0 Å². The fourth-order valence-corrected chi connectivity index (χ4v) is 4.85. The number of hydrogen-bond donors (Lipinski definition) is 1. The van der Waals surface area contributed by atoms with Gasteiger partial charge < -0.3 is 19.3 Å². The summed E-state index contributed by atoms with van der Waals surface area (Å²) in [5.41, 5.74) is 1.86. The standard InChI is InChI=1S/C24H20N2O6S2/c1-30-19-10-14(11-20(31-2)23(19)32-3)22(27)16(12-15-5-4-8-33-15)21(24(28)29)13-6-7-17-18(9-13)26-34-25-17/h4-11H,12H2,1-3H3,(H,28,29). The van der Waals surface area contributed by atoms with Crippen molar-refractivity contribution in [3.05, 3.63) is 69.4 Å². The molecule has 174 valence electrons. The molecule has 10 heteroatoms. The molecule has 0 saturated heterocycles. The van der Waals surface area contributed by atoms with E-state index in [4.69, 9.17) is 14.2 Å². The van der Waals surface area contributed by atoms with Crippen molar-refractivity contribution in [1.82, 2.24) is 8.75 Å². The number of hydrogen-bond acceptors (Lipinski definition) is 9. The molecular weight excluding hydrogens is 476 g/mol. The molecule has 34 heavy (non-hydrogen) atoms. The molecule has 1 N–H and O–H groups in total. The van der Waals surface area contributed by atoms with Gasteiger partial charge in [0.1, 0.15) is 11.0 Å². The normalized spacial score (nSPS) is 11.7. The Balaban J connectivity index is 1.94. The van der Waals surface area contributed by atoms with Gasteiger partial charge in [0.05, 0.1) is 38.6 Å². The number of aromatic nitrogens is 2. The molecule has 0 radical (unpaired) electrons. The van der Waals surface area contributed by atoms with E-state index in [9.17, 15) is 14.7 Å². The number of rotatable bonds is 9. The number of nitrogens with zero attached hydrogens (tertiary/aromatic N) is 2. The van der Waals surface area contributed by atoms with Gasteiger partial charge in [-0.25, -0.2) is 4.79 Å². The van der Waals surface area contributed by atoms with Crippen LogP contribution in [0.25, 0.3) is 16.6 Å². The third-order valence-electron chi connectivity index (χ3n) is 5.19. The minimum absolute atomic E-state index is 0.0953. The molecule has 8 nitrogen and oxygen atoms in total. The lowest BCUT2D eigenvalue weighted by molar-refractivity contribution is -0.130. The van der Waals surface area contributed by atoms with Crippen molar-refractivity contribution in [2.45, 2.75) is 6.42 Å². The van der Waals surface area contributed by atoms with E-state index in [1.54, 1.807) is 18.2 Å². The Hall–Kier alpha value is -3.76. The maximum absolute atomic E-state index is 13.8. The first-order valence-electron chi connectivity index (χ1n) is 10.0. The third kappa shape index (κ3) is 4.50. The second-order valence-electron chi connectivity index (χ2n) is 7.13. The van der Waals surface area contributed by atoms with Crippen molar-refractivity contribution in [3.8, 4) is 17.2 Å². The summed E-state index contributed by atoms with van der Waals surface area (Å²) in [5, 5.41) is 12.1. The number of ether oxygens (including phenoxy) is 3. The predicted octanol–water partition coefficient (Wildman–Crippen LogP) is 4.74. The van der Waals surface area contributed by atoms with Crippen molar-refractivity contribution in [1.29, 1.82) is 0 Å². The molecule has 0 spiro atoms. The van der Waals surface area contributed by atoms with E-state index in [0.717, 1.165) is 16.6 Å². The number of benzene rings is 2. The molecule has 0 aliphatic rings. The van der Waals surface area contributed by atoms with Crippen molar-refractivity contribution < 1.29 is 28.9 Å². The average Bonchev–Trinajstić information content (AvgIpc) is 3.53. The van der Waals surface area contributed by atoms with Crippen LogP contribution in [0.3, 0.4) is 0 Å². The van der Waals surface area contributed by atoms with Crippen LogP contribution in [-0.4, -0.2) is 46.9 Å². The minimum atomic E-state index is -1.21. The first kappa shape index (κ1) is 23.4. The Morgan fingerprint density at radius 2 is 1.62 bits per heavy atom. The minimum Gasteiger partial charge on any atom is -0.493 e. The molecule has 4 rings (SSSR count). The number of Topliss-reactive ketones (excluding diaryl/α,β-unsaturated/α-hetero) is 1. The summed E-state index contributed by atoms with van der Waals surface area (Å²) in [6.07, 6.45) is 0.141. The van der Waals surface area contributed by atoms with Gasteiger partial charge in [-0.2, -0.15) is 8.75 Å². The Labute approximate surface area is 203 Å². The molecule has 2 aromatic carbocycles. The fraction of sp³-hybridized carbons (Fsp3) is 0.167. The maximum atomic E-state index is 13.8. The van der Waals surface area contributed by atoms with Crippen LogP contribution in [0, 0.1) is 0 Å². The van der Waals surface area contributed by atoms with Gasteiger partial charge in [-0.1, -0.05) is 12.1 Å². The maximum Gasteiger partial charge on any atom is 0.336 e. The summed E-state index contributed by atoms with van der Waals surface area (Å²) in [7, 11) is 4.37. The fourth-order valence-electron chi connectivity index (χ4n) is 3.62. The summed E-state index contributed by atoms with van der Waals surface area (Å²) in [4.78, 5) is 27.2. The summed E-state index contributed by atoms with van der Waals surface area (Å²) in [5.74, 6) is -0.734. The van der Waals surface area contributed by atoms with Crippen LogP contribution in [0.1, 0.15) is 20.8 Å². The van der Waals surface area contributed by atoms with Crippen LogP contribution in [0.5, 0.6) is 17.2 Å². The van der Waals surface area contributed by atoms with Gasteiger partial charge in [-0.3, -0.25) is 4.79 Å². The highest BCUT2D eigenvalue weighted by atomic mass is 32.1. The quantitative estimate of drug-likeness (QED) is 0.261. The smallest absolute Gasteiger partial charge is 0.336 e. The number of fused-ring (bicyclic) bond motifs is 1. The van der Waals surface area contributed by atoms with E-state index >= 15 is 0 Å². The lowest BCUT2D eigenvalue weighted by atomic mass is 9.91. The Kier molecular flexibility index (Phi) is 6.90. The average molecular weight is 497 g/mol. The van der Waals surface area contributed by atoms with E-state index in [-0.39, 0.29) is 23.1 Å². The van der Waals surface area contributed by atoms with Gasteiger partial charge in [-0.15, -0.1) is 11.3 Å². The largest absolute Gasteiger partial charge is 0.493 e.